The lowest BCUT2D eigenvalue weighted by atomic mass is 10.2. The van der Waals surface area contributed by atoms with Crippen LogP contribution < -0.4 is 4.74 Å². The third kappa shape index (κ3) is 5.77. The van der Waals surface area contributed by atoms with Crippen molar-refractivity contribution in [3.05, 3.63) is 72.5 Å². The van der Waals surface area contributed by atoms with Gasteiger partial charge in [0.15, 0.2) is 0 Å². The van der Waals surface area contributed by atoms with Gasteiger partial charge in [0.25, 0.3) is 0 Å². The van der Waals surface area contributed by atoms with Gasteiger partial charge in [-0.25, -0.2) is 0 Å². The maximum atomic E-state index is 5.15. The average molecular weight is 256 g/mol. The first-order valence-electron chi connectivity index (χ1n) is 6.14. The Balaban J connectivity index is 2.47. The molecule has 1 aromatic carbocycles. The second kappa shape index (κ2) is 8.81. The van der Waals surface area contributed by atoms with Crippen LogP contribution in [0.25, 0.3) is 6.08 Å². The SMILES string of the molecule is C=C/C=C(\C=C/CC=Cc1ccc(OC)cc1)OC. The number of benzene rings is 1. The zero-order chi connectivity index (χ0) is 13.9. The van der Waals surface area contributed by atoms with Crippen LogP contribution >= 0.6 is 0 Å². The minimum absolute atomic E-state index is 0.799. The van der Waals surface area contributed by atoms with E-state index in [9.17, 15) is 0 Å². The van der Waals surface area contributed by atoms with Crippen molar-refractivity contribution in [1.29, 1.82) is 0 Å². The first-order chi connectivity index (χ1) is 9.30. The fourth-order valence-corrected chi connectivity index (χ4v) is 1.49. The average Bonchev–Trinajstić information content (AvgIpc) is 2.46. The summed E-state index contributed by atoms with van der Waals surface area (Å²) in [5.41, 5.74) is 1.16. The first-order valence-corrected chi connectivity index (χ1v) is 6.14. The molecule has 0 aliphatic carbocycles. The molecule has 0 saturated carbocycles. The van der Waals surface area contributed by atoms with Crippen LogP contribution in [0, 0.1) is 0 Å². The summed E-state index contributed by atoms with van der Waals surface area (Å²) in [6.45, 7) is 3.63. The summed E-state index contributed by atoms with van der Waals surface area (Å²) in [6, 6.07) is 7.95. The van der Waals surface area contributed by atoms with E-state index >= 15 is 0 Å². The van der Waals surface area contributed by atoms with Crippen LogP contribution in [0.2, 0.25) is 0 Å². The Bertz CT molecular complexity index is 465. The Morgan fingerprint density at radius 3 is 2.47 bits per heavy atom. The fourth-order valence-electron chi connectivity index (χ4n) is 1.49. The predicted octanol–water partition coefficient (Wildman–Crippen LogP) is 4.37. The van der Waals surface area contributed by atoms with E-state index < -0.39 is 0 Å². The molecule has 0 fully saturated rings. The van der Waals surface area contributed by atoms with Gasteiger partial charge in [0.1, 0.15) is 11.5 Å². The van der Waals surface area contributed by atoms with Crippen molar-refractivity contribution in [3.8, 4) is 5.75 Å². The molecule has 0 saturated heterocycles. The van der Waals surface area contributed by atoms with Gasteiger partial charge in [0.2, 0.25) is 0 Å². The summed E-state index contributed by atoms with van der Waals surface area (Å²) >= 11 is 0. The van der Waals surface area contributed by atoms with E-state index in [0.29, 0.717) is 0 Å². The molecule has 0 spiro atoms. The number of ether oxygens (including phenoxy) is 2. The number of rotatable bonds is 7. The van der Waals surface area contributed by atoms with Crippen molar-refractivity contribution < 1.29 is 9.47 Å². The van der Waals surface area contributed by atoms with Crippen LogP contribution in [0.3, 0.4) is 0 Å². The number of methoxy groups -OCH3 is 2. The molecular formula is C17H20O2. The van der Waals surface area contributed by atoms with Gasteiger partial charge in [-0.15, -0.1) is 0 Å². The van der Waals surface area contributed by atoms with Crippen LogP contribution in [0.5, 0.6) is 5.75 Å². The summed E-state index contributed by atoms with van der Waals surface area (Å²) in [4.78, 5) is 0. The van der Waals surface area contributed by atoms with Crippen LogP contribution in [-0.4, -0.2) is 14.2 Å². The molecule has 0 bridgehead atoms. The Morgan fingerprint density at radius 2 is 1.89 bits per heavy atom. The Hall–Kier alpha value is -2.22. The lowest BCUT2D eigenvalue weighted by molar-refractivity contribution is 0.307. The van der Waals surface area contributed by atoms with Gasteiger partial charge in [-0.3, -0.25) is 0 Å². The van der Waals surface area contributed by atoms with E-state index in [1.807, 2.05) is 42.5 Å². The molecule has 0 aliphatic rings. The van der Waals surface area contributed by atoms with Crippen molar-refractivity contribution in [1.82, 2.24) is 0 Å². The zero-order valence-electron chi connectivity index (χ0n) is 11.5. The second-order valence-electron chi connectivity index (χ2n) is 3.82. The summed E-state index contributed by atoms with van der Waals surface area (Å²) in [6.07, 6.45) is 12.5. The highest BCUT2D eigenvalue weighted by Gasteiger charge is 1.89. The minimum atomic E-state index is 0.799. The smallest absolute Gasteiger partial charge is 0.118 e. The van der Waals surface area contributed by atoms with E-state index in [-0.39, 0.29) is 0 Å². The van der Waals surface area contributed by atoms with E-state index in [0.717, 1.165) is 23.5 Å². The van der Waals surface area contributed by atoms with Gasteiger partial charge in [-0.2, -0.15) is 0 Å². The molecule has 0 heterocycles. The Morgan fingerprint density at radius 1 is 1.16 bits per heavy atom. The summed E-state index contributed by atoms with van der Waals surface area (Å²) in [7, 11) is 3.31. The van der Waals surface area contributed by atoms with Gasteiger partial charge in [-0.1, -0.05) is 43.0 Å². The van der Waals surface area contributed by atoms with Crippen molar-refractivity contribution in [2.24, 2.45) is 0 Å². The maximum Gasteiger partial charge on any atom is 0.118 e. The van der Waals surface area contributed by atoms with Crippen molar-refractivity contribution >= 4 is 6.08 Å². The molecule has 19 heavy (non-hydrogen) atoms. The molecule has 0 aliphatic heterocycles. The number of hydrogen-bond acceptors (Lipinski definition) is 2. The topological polar surface area (TPSA) is 18.5 Å². The molecule has 1 rings (SSSR count). The highest BCUT2D eigenvalue weighted by molar-refractivity contribution is 5.50. The van der Waals surface area contributed by atoms with Crippen molar-refractivity contribution in [3.63, 3.8) is 0 Å². The summed E-state index contributed by atoms with van der Waals surface area (Å²) in [5.74, 6) is 1.67. The molecule has 0 amide bonds. The van der Waals surface area contributed by atoms with Gasteiger partial charge < -0.3 is 9.47 Å². The molecular weight excluding hydrogens is 236 g/mol. The van der Waals surface area contributed by atoms with Gasteiger partial charge in [0.05, 0.1) is 14.2 Å². The lowest BCUT2D eigenvalue weighted by Gasteiger charge is -1.99. The highest BCUT2D eigenvalue weighted by atomic mass is 16.5. The molecule has 100 valence electrons. The van der Waals surface area contributed by atoms with Crippen LogP contribution in [-0.2, 0) is 4.74 Å². The third-order valence-corrected chi connectivity index (χ3v) is 2.50. The third-order valence-electron chi connectivity index (χ3n) is 2.50. The first kappa shape index (κ1) is 14.8. The Labute approximate surface area is 115 Å². The Kier molecular flexibility index (Phi) is 6.88. The van der Waals surface area contributed by atoms with Crippen LogP contribution in [0.4, 0.5) is 0 Å². The van der Waals surface area contributed by atoms with Crippen LogP contribution in [0.1, 0.15) is 12.0 Å². The van der Waals surface area contributed by atoms with E-state index in [1.54, 1.807) is 20.3 Å². The second-order valence-corrected chi connectivity index (χ2v) is 3.82. The van der Waals surface area contributed by atoms with Gasteiger partial charge >= 0.3 is 0 Å². The summed E-state index contributed by atoms with van der Waals surface area (Å²) < 4.78 is 10.3. The molecule has 0 radical (unpaired) electrons. The predicted molar refractivity (Wildman–Crippen MR) is 81.1 cm³/mol. The summed E-state index contributed by atoms with van der Waals surface area (Å²) in [5, 5.41) is 0. The number of hydrogen-bond donors (Lipinski definition) is 0. The van der Waals surface area contributed by atoms with Crippen molar-refractivity contribution in [2.75, 3.05) is 14.2 Å². The normalized spacial score (nSPS) is 12.0. The monoisotopic (exact) mass is 256 g/mol. The molecule has 0 aromatic heterocycles. The van der Waals surface area contributed by atoms with E-state index in [4.69, 9.17) is 9.47 Å². The minimum Gasteiger partial charge on any atom is -0.497 e. The largest absolute Gasteiger partial charge is 0.497 e. The standard InChI is InChI=1S/C17H20O2/c1-4-8-16(18-2)10-7-5-6-9-15-11-13-17(19-3)14-12-15/h4,6-14H,1,5H2,2-3H3/b9-6?,10-7-,16-8+. The quantitative estimate of drug-likeness (QED) is 0.532. The molecule has 0 atom stereocenters. The van der Waals surface area contributed by atoms with E-state index in [2.05, 4.69) is 18.7 Å². The number of allylic oxidation sites excluding steroid dienone is 5. The molecule has 2 heteroatoms. The molecule has 2 nitrogen and oxygen atoms in total. The zero-order valence-corrected chi connectivity index (χ0v) is 11.5. The molecule has 1 aromatic rings. The lowest BCUT2D eigenvalue weighted by Crippen LogP contribution is -1.81. The van der Waals surface area contributed by atoms with Gasteiger partial charge in [0, 0.05) is 0 Å². The molecule has 0 unspecified atom stereocenters. The van der Waals surface area contributed by atoms with Crippen LogP contribution in [0.15, 0.2) is 67.0 Å². The van der Waals surface area contributed by atoms with Gasteiger partial charge in [-0.05, 0) is 36.3 Å². The van der Waals surface area contributed by atoms with E-state index in [1.165, 1.54) is 0 Å². The van der Waals surface area contributed by atoms with Crippen molar-refractivity contribution in [2.45, 2.75) is 6.42 Å². The molecule has 0 N–H and O–H groups in total. The highest BCUT2D eigenvalue weighted by Crippen LogP contribution is 2.12. The fraction of sp³-hybridized carbons (Fsp3) is 0.176. The maximum absolute atomic E-state index is 5.15.